The SMILES string of the molecule is O=C(c1ccc(C#Cc2ccc(C(F)(F)C3(O)Cn4nnnc4-c4cc(F)ccc43)nc2)s1)N1CCOCC1. The molecule has 1 N–H and O–H groups in total. The molecule has 1 unspecified atom stereocenters. The number of aromatic nitrogens is 5. The van der Waals surface area contributed by atoms with Gasteiger partial charge in [-0.1, -0.05) is 17.9 Å². The monoisotopic (exact) mass is 552 g/mol. The molecule has 0 bridgehead atoms. The van der Waals surface area contributed by atoms with Crippen LogP contribution in [-0.2, 0) is 22.8 Å². The summed E-state index contributed by atoms with van der Waals surface area (Å²) >= 11 is 1.24. The molecule has 1 amide bonds. The summed E-state index contributed by atoms with van der Waals surface area (Å²) in [6, 6.07) is 9.01. The van der Waals surface area contributed by atoms with Gasteiger partial charge in [0.25, 0.3) is 5.91 Å². The first-order valence-electron chi connectivity index (χ1n) is 11.9. The number of halogens is 3. The number of hydrogen-bond acceptors (Lipinski definition) is 8. The lowest BCUT2D eigenvalue weighted by Gasteiger charge is -2.39. The number of carbonyl (C=O) groups is 1. The zero-order valence-corrected chi connectivity index (χ0v) is 21.0. The second kappa shape index (κ2) is 9.57. The Bertz CT molecular complexity index is 1620. The molecule has 2 aliphatic rings. The number of carbonyl (C=O) groups excluding carboxylic acids is 1. The molecule has 3 aromatic heterocycles. The highest BCUT2D eigenvalue weighted by Crippen LogP contribution is 2.50. The normalized spacial score (nSPS) is 18.6. The van der Waals surface area contributed by atoms with E-state index in [1.54, 1.807) is 17.0 Å². The molecule has 0 spiro atoms. The highest BCUT2D eigenvalue weighted by molar-refractivity contribution is 7.14. The van der Waals surface area contributed by atoms with E-state index in [4.69, 9.17) is 4.74 Å². The fraction of sp³-hybridized carbons (Fsp3) is 0.269. The van der Waals surface area contributed by atoms with Crippen LogP contribution in [0.25, 0.3) is 11.4 Å². The van der Waals surface area contributed by atoms with Gasteiger partial charge in [0.15, 0.2) is 11.4 Å². The van der Waals surface area contributed by atoms with Gasteiger partial charge in [-0.25, -0.2) is 9.07 Å². The van der Waals surface area contributed by atoms with Crippen molar-refractivity contribution in [3.8, 4) is 23.2 Å². The van der Waals surface area contributed by atoms with Crippen molar-refractivity contribution in [3.05, 3.63) is 81.1 Å². The predicted octanol–water partition coefficient (Wildman–Crippen LogP) is 2.80. The molecule has 0 saturated carbocycles. The maximum Gasteiger partial charge on any atom is 0.323 e. The number of morpholine rings is 1. The zero-order valence-electron chi connectivity index (χ0n) is 20.1. The van der Waals surface area contributed by atoms with Gasteiger partial charge < -0.3 is 14.7 Å². The van der Waals surface area contributed by atoms with E-state index in [2.05, 4.69) is 32.4 Å². The van der Waals surface area contributed by atoms with Crippen LogP contribution >= 0.6 is 11.3 Å². The number of benzene rings is 1. The van der Waals surface area contributed by atoms with Gasteiger partial charge in [-0.05, 0) is 46.8 Å². The fourth-order valence-electron chi connectivity index (χ4n) is 4.58. The zero-order chi connectivity index (χ0) is 27.2. The number of hydrogen-bond donors (Lipinski definition) is 1. The van der Waals surface area contributed by atoms with Gasteiger partial charge in [0.05, 0.1) is 29.5 Å². The van der Waals surface area contributed by atoms with Crippen LogP contribution in [0, 0.1) is 17.7 Å². The second-order valence-corrected chi connectivity index (χ2v) is 10.1. The van der Waals surface area contributed by atoms with Crippen LogP contribution in [0.15, 0.2) is 48.7 Å². The van der Waals surface area contributed by atoms with E-state index in [0.29, 0.717) is 41.6 Å². The molecule has 39 heavy (non-hydrogen) atoms. The lowest BCUT2D eigenvalue weighted by atomic mass is 9.80. The molecule has 4 aromatic rings. The number of aliphatic hydroxyl groups is 1. The maximum absolute atomic E-state index is 15.9. The average molecular weight is 553 g/mol. The predicted molar refractivity (Wildman–Crippen MR) is 132 cm³/mol. The lowest BCUT2D eigenvalue weighted by molar-refractivity contribution is -0.207. The molecule has 1 aromatic carbocycles. The molecule has 1 fully saturated rings. The van der Waals surface area contributed by atoms with Crippen molar-refractivity contribution >= 4 is 17.2 Å². The summed E-state index contributed by atoms with van der Waals surface area (Å²) in [7, 11) is 0. The van der Waals surface area contributed by atoms with E-state index in [1.165, 1.54) is 23.6 Å². The summed E-state index contributed by atoms with van der Waals surface area (Å²) in [6.07, 6.45) is 1.18. The van der Waals surface area contributed by atoms with E-state index >= 15 is 8.78 Å². The Kier molecular flexibility index (Phi) is 6.17. The average Bonchev–Trinajstić information content (AvgIpc) is 3.62. The number of rotatable bonds is 3. The number of ether oxygens (including phenoxy) is 1. The number of alkyl halides is 2. The van der Waals surface area contributed by atoms with E-state index in [0.717, 1.165) is 28.9 Å². The molecule has 2 aliphatic heterocycles. The Morgan fingerprint density at radius 3 is 2.72 bits per heavy atom. The van der Waals surface area contributed by atoms with Gasteiger partial charge in [-0.2, -0.15) is 8.78 Å². The fourth-order valence-corrected chi connectivity index (χ4v) is 5.41. The van der Waals surface area contributed by atoms with Gasteiger partial charge in [-0.15, -0.1) is 16.4 Å². The van der Waals surface area contributed by atoms with Crippen molar-refractivity contribution < 1.29 is 27.8 Å². The lowest BCUT2D eigenvalue weighted by Crippen LogP contribution is -2.49. The third kappa shape index (κ3) is 4.36. The number of pyridine rings is 1. The third-order valence-electron chi connectivity index (χ3n) is 6.63. The summed E-state index contributed by atoms with van der Waals surface area (Å²) in [4.78, 5) is 19.4. The summed E-state index contributed by atoms with van der Waals surface area (Å²) in [5.41, 5.74) is -3.36. The number of nitrogens with zero attached hydrogens (tertiary/aromatic N) is 6. The quantitative estimate of drug-likeness (QED) is 0.390. The highest BCUT2D eigenvalue weighted by Gasteiger charge is 2.59. The summed E-state index contributed by atoms with van der Waals surface area (Å²) in [5.74, 6) is 1.22. The topological polar surface area (TPSA) is 106 Å². The van der Waals surface area contributed by atoms with Crippen molar-refractivity contribution in [3.63, 3.8) is 0 Å². The van der Waals surface area contributed by atoms with Gasteiger partial charge in [0.1, 0.15) is 11.5 Å². The molecule has 13 heteroatoms. The molecule has 9 nitrogen and oxygen atoms in total. The van der Waals surface area contributed by atoms with Gasteiger partial charge in [0, 0.05) is 36.0 Å². The molecule has 6 rings (SSSR count). The van der Waals surface area contributed by atoms with Crippen LogP contribution in [0.3, 0.4) is 0 Å². The van der Waals surface area contributed by atoms with E-state index < -0.39 is 29.6 Å². The van der Waals surface area contributed by atoms with Crippen molar-refractivity contribution in [2.75, 3.05) is 26.3 Å². The van der Waals surface area contributed by atoms with E-state index in [-0.39, 0.29) is 22.9 Å². The Morgan fingerprint density at radius 1 is 1.13 bits per heavy atom. The maximum atomic E-state index is 15.9. The number of tetrazole rings is 1. The largest absolute Gasteiger partial charge is 0.378 e. The van der Waals surface area contributed by atoms with Crippen LogP contribution in [0.1, 0.15) is 31.4 Å². The minimum atomic E-state index is -3.89. The van der Waals surface area contributed by atoms with Crippen molar-refractivity contribution in [2.24, 2.45) is 0 Å². The minimum absolute atomic E-state index is 0.0293. The molecule has 1 saturated heterocycles. The first-order valence-corrected chi connectivity index (χ1v) is 12.7. The molecular weight excluding hydrogens is 533 g/mol. The van der Waals surface area contributed by atoms with Gasteiger partial charge in [-0.3, -0.25) is 9.78 Å². The van der Waals surface area contributed by atoms with Crippen LogP contribution < -0.4 is 0 Å². The summed E-state index contributed by atoms with van der Waals surface area (Å²) < 4.78 is 51.9. The third-order valence-corrected chi connectivity index (χ3v) is 7.62. The molecule has 0 radical (unpaired) electrons. The Balaban J connectivity index is 1.24. The summed E-state index contributed by atoms with van der Waals surface area (Å²) in [5, 5.41) is 22.2. The standard InChI is InChI=1S/C26H19F3N6O3S/c27-17-3-6-20-19(13-17)23-31-32-33-35(23)15-25(20,37)26(28,29)22-8-2-16(14-30-22)1-4-18-5-7-21(39-18)24(36)34-9-11-38-12-10-34/h2-3,5-8,13-14,37H,9-12,15H2. The molecule has 0 aliphatic carbocycles. The minimum Gasteiger partial charge on any atom is -0.378 e. The molecule has 1 atom stereocenters. The van der Waals surface area contributed by atoms with E-state index in [9.17, 15) is 14.3 Å². The Labute approximate surface area is 223 Å². The van der Waals surface area contributed by atoms with Crippen LogP contribution in [0.2, 0.25) is 0 Å². The number of thiophene rings is 1. The molecule has 198 valence electrons. The van der Waals surface area contributed by atoms with Crippen molar-refractivity contribution in [2.45, 2.75) is 18.1 Å². The first-order chi connectivity index (χ1) is 18.8. The smallest absolute Gasteiger partial charge is 0.323 e. The second-order valence-electron chi connectivity index (χ2n) is 9.04. The molecule has 5 heterocycles. The van der Waals surface area contributed by atoms with E-state index in [1.807, 2.05) is 0 Å². The van der Waals surface area contributed by atoms with Crippen LogP contribution in [0.5, 0.6) is 0 Å². The molecular formula is C26H19F3N6O3S. The van der Waals surface area contributed by atoms with Crippen molar-refractivity contribution in [1.29, 1.82) is 0 Å². The van der Waals surface area contributed by atoms with Gasteiger partial charge >= 0.3 is 5.92 Å². The van der Waals surface area contributed by atoms with Gasteiger partial charge in [0.2, 0.25) is 0 Å². The number of fused-ring (bicyclic) bond motifs is 3. The summed E-state index contributed by atoms with van der Waals surface area (Å²) in [6.45, 7) is 1.43. The number of amides is 1. The van der Waals surface area contributed by atoms with Crippen LogP contribution in [0.4, 0.5) is 13.2 Å². The first kappa shape index (κ1) is 25.2. The Hall–Kier alpha value is -4.12. The highest BCUT2D eigenvalue weighted by atomic mass is 32.1. The van der Waals surface area contributed by atoms with Crippen molar-refractivity contribution in [1.82, 2.24) is 30.1 Å². The van der Waals surface area contributed by atoms with Crippen LogP contribution in [-0.4, -0.2) is 67.4 Å². The Morgan fingerprint density at radius 2 is 1.95 bits per heavy atom.